The molecule has 0 unspecified atom stereocenters. The topological polar surface area (TPSA) is 101 Å². The molecule has 2 aromatic carbocycles. The second kappa shape index (κ2) is 8.14. The minimum atomic E-state index is -0.719. The van der Waals surface area contributed by atoms with Gasteiger partial charge in [-0.25, -0.2) is 9.78 Å². The highest BCUT2D eigenvalue weighted by atomic mass is 16.2. The number of hydrogen-bond donors (Lipinski definition) is 1. The molecule has 158 valence electrons. The van der Waals surface area contributed by atoms with E-state index in [1.165, 1.54) is 6.92 Å². The molecule has 0 fully saturated rings. The lowest BCUT2D eigenvalue weighted by Gasteiger charge is -2.24. The molecule has 8 nitrogen and oxygen atoms in total. The summed E-state index contributed by atoms with van der Waals surface area (Å²) in [7, 11) is 0. The molecule has 8 heteroatoms. The summed E-state index contributed by atoms with van der Waals surface area (Å²) in [5.74, 6) is 0.155. The SMILES string of the molecule is CC(=O)N(CCn1c2nc(=O)[nH]c(=O)c-2nc2cc(C)c(C)cc21)Cc1ccccc1. The molecule has 2 heterocycles. The second-order valence-corrected chi connectivity index (χ2v) is 7.66. The van der Waals surface area contributed by atoms with E-state index in [-0.39, 0.29) is 17.4 Å². The van der Waals surface area contributed by atoms with Crippen LogP contribution in [0.15, 0.2) is 52.1 Å². The van der Waals surface area contributed by atoms with Gasteiger partial charge in [0, 0.05) is 26.6 Å². The van der Waals surface area contributed by atoms with Gasteiger partial charge in [0.2, 0.25) is 5.91 Å². The van der Waals surface area contributed by atoms with E-state index < -0.39 is 11.2 Å². The summed E-state index contributed by atoms with van der Waals surface area (Å²) in [6, 6.07) is 13.6. The van der Waals surface area contributed by atoms with E-state index in [2.05, 4.69) is 15.0 Å². The van der Waals surface area contributed by atoms with Crippen molar-refractivity contribution in [2.75, 3.05) is 6.54 Å². The summed E-state index contributed by atoms with van der Waals surface area (Å²) in [4.78, 5) is 49.0. The van der Waals surface area contributed by atoms with Gasteiger partial charge in [0.25, 0.3) is 5.56 Å². The predicted octanol–water partition coefficient (Wildman–Crippen LogP) is 2.25. The fraction of sp³-hybridized carbons (Fsp3) is 0.261. The third-order valence-electron chi connectivity index (χ3n) is 5.48. The molecule has 2 aliphatic heterocycles. The van der Waals surface area contributed by atoms with Crippen LogP contribution in [0.4, 0.5) is 0 Å². The monoisotopic (exact) mass is 417 g/mol. The van der Waals surface area contributed by atoms with Crippen molar-refractivity contribution >= 4 is 16.9 Å². The molecule has 0 spiro atoms. The number of rotatable bonds is 5. The Bertz CT molecular complexity index is 1360. The maximum atomic E-state index is 12.4. The molecule has 0 saturated carbocycles. The van der Waals surface area contributed by atoms with Gasteiger partial charge in [0.15, 0.2) is 11.5 Å². The largest absolute Gasteiger partial charge is 0.349 e. The van der Waals surface area contributed by atoms with E-state index in [9.17, 15) is 14.4 Å². The lowest BCUT2D eigenvalue weighted by Crippen LogP contribution is -2.33. The number of nitrogens with zero attached hydrogens (tertiary/aromatic N) is 4. The minimum Gasteiger partial charge on any atom is -0.337 e. The standard InChI is InChI=1S/C23H23N5O3/c1-14-11-18-19(12-15(14)2)28(21-20(24-18)22(30)26-23(31)25-21)10-9-27(16(3)29)13-17-7-5-4-6-8-17/h4-8,11-12H,9-10,13H2,1-3H3,(H,26,30,31). The third kappa shape index (κ3) is 4.09. The van der Waals surface area contributed by atoms with E-state index in [0.717, 1.165) is 22.2 Å². The van der Waals surface area contributed by atoms with Gasteiger partial charge >= 0.3 is 5.69 Å². The van der Waals surface area contributed by atoms with Gasteiger partial charge in [-0.2, -0.15) is 4.98 Å². The first-order chi connectivity index (χ1) is 14.8. The van der Waals surface area contributed by atoms with Crippen LogP contribution in [0.1, 0.15) is 23.6 Å². The molecule has 0 saturated heterocycles. The number of aromatic nitrogens is 4. The second-order valence-electron chi connectivity index (χ2n) is 7.66. The summed E-state index contributed by atoms with van der Waals surface area (Å²) in [5, 5.41) is 0. The van der Waals surface area contributed by atoms with Crippen LogP contribution in [-0.2, 0) is 17.9 Å². The van der Waals surface area contributed by atoms with Crippen LogP contribution in [0.2, 0.25) is 0 Å². The average molecular weight is 417 g/mol. The van der Waals surface area contributed by atoms with Crippen LogP contribution in [-0.4, -0.2) is 36.9 Å². The number of fused-ring (bicyclic) bond motifs is 2. The molecule has 0 atom stereocenters. The molecular weight excluding hydrogens is 394 g/mol. The van der Waals surface area contributed by atoms with Crippen LogP contribution < -0.4 is 11.2 Å². The number of amides is 1. The molecule has 0 radical (unpaired) electrons. The summed E-state index contributed by atoms with van der Waals surface area (Å²) in [5.41, 5.74) is 3.34. The third-order valence-corrected chi connectivity index (χ3v) is 5.48. The van der Waals surface area contributed by atoms with E-state index >= 15 is 0 Å². The van der Waals surface area contributed by atoms with Crippen molar-refractivity contribution in [2.45, 2.75) is 33.9 Å². The van der Waals surface area contributed by atoms with Crippen LogP contribution >= 0.6 is 0 Å². The lowest BCUT2D eigenvalue weighted by atomic mass is 10.1. The number of benzene rings is 2. The minimum absolute atomic E-state index is 0.0607. The Morgan fingerprint density at radius 3 is 2.48 bits per heavy atom. The highest BCUT2D eigenvalue weighted by molar-refractivity contribution is 5.81. The van der Waals surface area contributed by atoms with Crippen molar-refractivity contribution in [1.82, 2.24) is 24.4 Å². The van der Waals surface area contributed by atoms with Crippen LogP contribution in [0, 0.1) is 13.8 Å². The smallest absolute Gasteiger partial charge is 0.337 e. The van der Waals surface area contributed by atoms with Crippen molar-refractivity contribution in [3.05, 3.63) is 80.0 Å². The molecule has 0 bridgehead atoms. The molecule has 2 aromatic rings. The van der Waals surface area contributed by atoms with Crippen molar-refractivity contribution in [3.8, 4) is 11.5 Å². The molecule has 31 heavy (non-hydrogen) atoms. The zero-order valence-corrected chi connectivity index (χ0v) is 17.7. The summed E-state index contributed by atoms with van der Waals surface area (Å²) >= 11 is 0. The van der Waals surface area contributed by atoms with E-state index in [1.807, 2.05) is 60.9 Å². The van der Waals surface area contributed by atoms with E-state index in [1.54, 1.807) is 4.90 Å². The molecular formula is C23H23N5O3. The van der Waals surface area contributed by atoms with Crippen LogP contribution in [0.25, 0.3) is 22.6 Å². The molecule has 2 aliphatic rings. The van der Waals surface area contributed by atoms with Crippen molar-refractivity contribution in [2.24, 2.45) is 0 Å². The van der Waals surface area contributed by atoms with Crippen molar-refractivity contribution in [3.63, 3.8) is 0 Å². The highest BCUT2D eigenvalue weighted by Crippen LogP contribution is 2.23. The van der Waals surface area contributed by atoms with Gasteiger partial charge in [-0.05, 0) is 42.7 Å². The number of aromatic amines is 1. The first-order valence-corrected chi connectivity index (χ1v) is 10.0. The van der Waals surface area contributed by atoms with Gasteiger partial charge in [-0.1, -0.05) is 30.3 Å². The van der Waals surface area contributed by atoms with Gasteiger partial charge in [-0.3, -0.25) is 14.6 Å². The fourth-order valence-electron chi connectivity index (χ4n) is 3.65. The molecule has 1 N–H and O–H groups in total. The van der Waals surface area contributed by atoms with E-state index in [0.29, 0.717) is 25.2 Å². The van der Waals surface area contributed by atoms with Gasteiger partial charge in [-0.15, -0.1) is 0 Å². The quantitative estimate of drug-likeness (QED) is 0.502. The maximum Gasteiger partial charge on any atom is 0.349 e. The van der Waals surface area contributed by atoms with E-state index in [4.69, 9.17) is 0 Å². The Morgan fingerprint density at radius 2 is 1.77 bits per heavy atom. The molecule has 4 rings (SSSR count). The average Bonchev–Trinajstić information content (AvgIpc) is 2.72. The number of H-pyrrole nitrogens is 1. The summed E-state index contributed by atoms with van der Waals surface area (Å²) < 4.78 is 1.81. The maximum absolute atomic E-state index is 12.4. The number of aryl methyl sites for hydroxylation is 2. The Hall–Kier alpha value is -3.81. The Labute approximate surface area is 178 Å². The van der Waals surface area contributed by atoms with Crippen LogP contribution in [0.3, 0.4) is 0 Å². The summed E-state index contributed by atoms with van der Waals surface area (Å²) in [6.07, 6.45) is 0. The first-order valence-electron chi connectivity index (χ1n) is 10.0. The zero-order chi connectivity index (χ0) is 22.1. The van der Waals surface area contributed by atoms with Crippen molar-refractivity contribution in [1.29, 1.82) is 0 Å². The summed E-state index contributed by atoms with van der Waals surface area (Å²) in [6.45, 7) is 6.72. The molecule has 0 aromatic heterocycles. The van der Waals surface area contributed by atoms with Gasteiger partial charge in [0.05, 0.1) is 11.0 Å². The highest BCUT2D eigenvalue weighted by Gasteiger charge is 2.20. The number of nitrogens with one attached hydrogen (secondary N) is 1. The fourth-order valence-corrected chi connectivity index (χ4v) is 3.65. The Balaban J connectivity index is 1.80. The first kappa shape index (κ1) is 20.5. The molecule has 1 amide bonds. The number of carbonyl (C=O) groups is 1. The van der Waals surface area contributed by atoms with Gasteiger partial charge < -0.3 is 9.47 Å². The number of carbonyl (C=O) groups excluding carboxylic acids is 1. The van der Waals surface area contributed by atoms with Gasteiger partial charge in [0.1, 0.15) is 0 Å². The normalized spacial score (nSPS) is 11.2. The molecule has 0 aliphatic carbocycles. The Kier molecular flexibility index (Phi) is 5.37. The van der Waals surface area contributed by atoms with Crippen molar-refractivity contribution < 1.29 is 4.79 Å². The predicted molar refractivity (Wildman–Crippen MR) is 118 cm³/mol. The Morgan fingerprint density at radius 1 is 1.06 bits per heavy atom. The lowest BCUT2D eigenvalue weighted by molar-refractivity contribution is -0.129. The van der Waals surface area contributed by atoms with Crippen LogP contribution in [0.5, 0.6) is 0 Å². The zero-order valence-electron chi connectivity index (χ0n) is 17.7. The number of hydrogen-bond acceptors (Lipinski definition) is 5.